The molecule has 0 aliphatic carbocycles. The van der Waals surface area contributed by atoms with Crippen LogP contribution < -0.4 is 5.32 Å². The Morgan fingerprint density at radius 3 is 2.53 bits per heavy atom. The number of carbonyl (C=O) groups is 1. The Bertz CT molecular complexity index is 381. The van der Waals surface area contributed by atoms with E-state index in [1.54, 1.807) is 0 Å². The second-order valence-corrected chi connectivity index (χ2v) is 4.97. The molecule has 1 N–H and O–H groups in total. The van der Waals surface area contributed by atoms with Gasteiger partial charge in [-0.2, -0.15) is 13.2 Å². The molecule has 17 heavy (non-hydrogen) atoms. The molecule has 0 radical (unpaired) electrons. The Morgan fingerprint density at radius 2 is 2.06 bits per heavy atom. The molecule has 0 unspecified atom stereocenters. The van der Waals surface area contributed by atoms with Gasteiger partial charge in [-0.25, -0.2) is 4.98 Å². The highest BCUT2D eigenvalue weighted by molar-refractivity contribution is 7.11. The van der Waals surface area contributed by atoms with E-state index in [1.165, 1.54) is 11.3 Å². The predicted molar refractivity (Wildman–Crippen MR) is 59.2 cm³/mol. The van der Waals surface area contributed by atoms with Gasteiger partial charge in [0.25, 0.3) is 0 Å². The molecule has 0 spiro atoms. The number of nitrogens with one attached hydrogen (secondary N) is 1. The number of ketones is 1. The Balaban J connectivity index is 2.35. The first kappa shape index (κ1) is 14.1. The molecule has 0 bridgehead atoms. The summed E-state index contributed by atoms with van der Waals surface area (Å²) in [6.07, 6.45) is -4.20. The monoisotopic (exact) mass is 266 g/mol. The van der Waals surface area contributed by atoms with Crippen molar-refractivity contribution >= 4 is 17.1 Å². The number of rotatable bonds is 5. The van der Waals surface area contributed by atoms with Crippen LogP contribution in [0.4, 0.5) is 13.2 Å². The Labute approximate surface area is 101 Å². The first-order chi connectivity index (χ1) is 7.78. The molecule has 1 rings (SSSR count). The predicted octanol–water partition coefficient (Wildman–Crippen LogP) is 2.02. The van der Waals surface area contributed by atoms with Crippen molar-refractivity contribution in [3.63, 3.8) is 0 Å². The van der Waals surface area contributed by atoms with Crippen LogP contribution in [0.3, 0.4) is 0 Å². The van der Waals surface area contributed by atoms with Crippen molar-refractivity contribution in [1.82, 2.24) is 10.3 Å². The van der Waals surface area contributed by atoms with Gasteiger partial charge in [-0.05, 0) is 13.8 Å². The van der Waals surface area contributed by atoms with E-state index in [0.29, 0.717) is 5.01 Å². The van der Waals surface area contributed by atoms with Gasteiger partial charge in [-0.1, -0.05) is 0 Å². The molecule has 0 aliphatic heterocycles. The molecule has 0 fully saturated rings. The number of hydrogen-bond donors (Lipinski definition) is 1. The molecule has 0 saturated heterocycles. The molecule has 1 aromatic rings. The fourth-order valence-corrected chi connectivity index (χ4v) is 2.15. The quantitative estimate of drug-likeness (QED) is 0.886. The lowest BCUT2D eigenvalue weighted by molar-refractivity contribution is -0.127. The highest BCUT2D eigenvalue weighted by Gasteiger charge is 2.26. The van der Waals surface area contributed by atoms with E-state index in [9.17, 15) is 18.0 Å². The topological polar surface area (TPSA) is 42.0 Å². The third kappa shape index (κ3) is 5.27. The fourth-order valence-electron chi connectivity index (χ4n) is 1.19. The van der Waals surface area contributed by atoms with Crippen LogP contribution in [0, 0.1) is 13.8 Å². The molecule has 0 atom stereocenters. The molecular weight excluding hydrogens is 253 g/mol. The molecular formula is C10H13F3N2OS. The van der Waals surface area contributed by atoms with Crippen molar-refractivity contribution in [1.29, 1.82) is 0 Å². The van der Waals surface area contributed by atoms with Crippen LogP contribution >= 0.6 is 11.3 Å². The molecule has 0 saturated carbocycles. The van der Waals surface area contributed by atoms with Crippen LogP contribution in [0.2, 0.25) is 0 Å². The SMILES string of the molecule is Cc1nc(CC(=O)CNCC(F)(F)F)sc1C. The summed E-state index contributed by atoms with van der Waals surface area (Å²) in [6.45, 7) is 2.30. The lowest BCUT2D eigenvalue weighted by Crippen LogP contribution is -2.33. The minimum absolute atomic E-state index is 0.0875. The summed E-state index contributed by atoms with van der Waals surface area (Å²) in [4.78, 5) is 16.5. The van der Waals surface area contributed by atoms with Crippen molar-refractivity contribution in [2.75, 3.05) is 13.1 Å². The number of halogens is 3. The highest BCUT2D eigenvalue weighted by Crippen LogP contribution is 2.17. The van der Waals surface area contributed by atoms with Crippen LogP contribution in [-0.2, 0) is 11.2 Å². The van der Waals surface area contributed by atoms with Gasteiger partial charge in [-0.15, -0.1) is 11.3 Å². The van der Waals surface area contributed by atoms with Crippen LogP contribution in [0.15, 0.2) is 0 Å². The average molecular weight is 266 g/mol. The summed E-state index contributed by atoms with van der Waals surface area (Å²) >= 11 is 1.40. The summed E-state index contributed by atoms with van der Waals surface area (Å²) in [5.41, 5.74) is 0.862. The zero-order chi connectivity index (χ0) is 13.1. The number of hydrogen-bond acceptors (Lipinski definition) is 4. The molecule has 3 nitrogen and oxygen atoms in total. The molecule has 7 heteroatoms. The van der Waals surface area contributed by atoms with E-state index >= 15 is 0 Å². The summed E-state index contributed by atoms with van der Waals surface area (Å²) < 4.78 is 35.4. The summed E-state index contributed by atoms with van der Waals surface area (Å²) in [5.74, 6) is -0.289. The van der Waals surface area contributed by atoms with E-state index in [1.807, 2.05) is 13.8 Å². The second-order valence-electron chi connectivity index (χ2n) is 3.68. The van der Waals surface area contributed by atoms with Gasteiger partial charge in [0.1, 0.15) is 5.01 Å². The largest absolute Gasteiger partial charge is 0.401 e. The van der Waals surface area contributed by atoms with E-state index in [0.717, 1.165) is 10.6 Å². The molecule has 96 valence electrons. The maximum atomic E-state index is 11.8. The van der Waals surface area contributed by atoms with Gasteiger partial charge in [0.05, 0.1) is 25.2 Å². The van der Waals surface area contributed by atoms with Crippen LogP contribution in [0.25, 0.3) is 0 Å². The van der Waals surface area contributed by atoms with Gasteiger partial charge in [0.2, 0.25) is 0 Å². The van der Waals surface area contributed by atoms with Gasteiger partial charge >= 0.3 is 6.18 Å². The van der Waals surface area contributed by atoms with Gasteiger partial charge in [-0.3, -0.25) is 4.79 Å². The number of alkyl halides is 3. The third-order valence-electron chi connectivity index (χ3n) is 2.07. The lowest BCUT2D eigenvalue weighted by Gasteiger charge is -2.06. The van der Waals surface area contributed by atoms with Crippen molar-refractivity contribution in [3.05, 3.63) is 15.6 Å². The van der Waals surface area contributed by atoms with Crippen LogP contribution in [0.1, 0.15) is 15.6 Å². The molecule has 0 aromatic carbocycles. The zero-order valence-electron chi connectivity index (χ0n) is 9.52. The lowest BCUT2D eigenvalue weighted by atomic mass is 10.3. The number of nitrogens with zero attached hydrogens (tertiary/aromatic N) is 1. The molecule has 1 aromatic heterocycles. The zero-order valence-corrected chi connectivity index (χ0v) is 10.3. The maximum absolute atomic E-state index is 11.8. The Hall–Kier alpha value is -0.950. The highest BCUT2D eigenvalue weighted by atomic mass is 32.1. The van der Waals surface area contributed by atoms with Crippen molar-refractivity contribution in [3.8, 4) is 0 Å². The normalized spacial score (nSPS) is 11.8. The molecule has 1 heterocycles. The summed E-state index contributed by atoms with van der Waals surface area (Å²) in [5, 5.41) is 2.72. The first-order valence-electron chi connectivity index (χ1n) is 5.00. The molecule has 0 amide bonds. The number of aryl methyl sites for hydroxylation is 2. The van der Waals surface area contributed by atoms with Gasteiger partial charge in [0.15, 0.2) is 5.78 Å². The standard InChI is InChI=1S/C10H13F3N2OS/c1-6-7(2)17-9(15-6)3-8(16)4-14-5-10(11,12)13/h14H,3-5H2,1-2H3. The summed E-state index contributed by atoms with van der Waals surface area (Å²) in [7, 11) is 0. The van der Waals surface area contributed by atoms with Crippen molar-refractivity contribution in [2.45, 2.75) is 26.4 Å². The Morgan fingerprint density at radius 1 is 1.41 bits per heavy atom. The van der Waals surface area contributed by atoms with E-state index < -0.39 is 12.7 Å². The van der Waals surface area contributed by atoms with Crippen LogP contribution in [0.5, 0.6) is 0 Å². The Kier molecular flexibility index (Phi) is 4.64. The van der Waals surface area contributed by atoms with Crippen LogP contribution in [-0.4, -0.2) is 30.0 Å². The average Bonchev–Trinajstić information content (AvgIpc) is 2.43. The van der Waals surface area contributed by atoms with E-state index in [4.69, 9.17) is 0 Å². The minimum Gasteiger partial charge on any atom is -0.302 e. The van der Waals surface area contributed by atoms with E-state index in [2.05, 4.69) is 10.3 Å². The van der Waals surface area contributed by atoms with E-state index in [-0.39, 0.29) is 18.7 Å². The fraction of sp³-hybridized carbons (Fsp3) is 0.600. The maximum Gasteiger partial charge on any atom is 0.401 e. The number of carbonyl (C=O) groups excluding carboxylic acids is 1. The minimum atomic E-state index is -4.28. The van der Waals surface area contributed by atoms with Gasteiger partial charge in [0, 0.05) is 4.88 Å². The second kappa shape index (κ2) is 5.59. The first-order valence-corrected chi connectivity index (χ1v) is 5.81. The van der Waals surface area contributed by atoms with Crippen molar-refractivity contribution in [2.24, 2.45) is 0 Å². The third-order valence-corrected chi connectivity index (χ3v) is 3.14. The van der Waals surface area contributed by atoms with Crippen molar-refractivity contribution < 1.29 is 18.0 Å². The van der Waals surface area contributed by atoms with Gasteiger partial charge < -0.3 is 5.32 Å². The molecule has 0 aliphatic rings. The smallest absolute Gasteiger partial charge is 0.302 e. The number of Topliss-reactive ketones (excluding diaryl/α,β-unsaturated/α-hetero) is 1. The summed E-state index contributed by atoms with van der Waals surface area (Å²) in [6, 6.07) is 0. The number of thiazole rings is 1. The number of aromatic nitrogens is 1.